The molecule has 2 heterocycles. The van der Waals surface area contributed by atoms with E-state index >= 15 is 0 Å². The van der Waals surface area contributed by atoms with E-state index in [0.29, 0.717) is 24.1 Å². The maximum absolute atomic E-state index is 6.02. The third-order valence-electron chi connectivity index (χ3n) is 3.37. The molecule has 1 aliphatic heterocycles. The standard InChI is InChI=1S/C13H23N3O2/c1-9(2)16-13(12(14)10(3)15-16)18-8-11-4-6-17-7-5-11/h9,11H,4-8,14H2,1-3H3. The van der Waals surface area contributed by atoms with Crippen molar-refractivity contribution in [2.75, 3.05) is 25.6 Å². The highest BCUT2D eigenvalue weighted by atomic mass is 16.5. The Balaban J connectivity index is 2.03. The smallest absolute Gasteiger partial charge is 0.236 e. The van der Waals surface area contributed by atoms with Crippen molar-refractivity contribution in [2.45, 2.75) is 39.7 Å². The molecule has 0 amide bonds. The van der Waals surface area contributed by atoms with Crippen molar-refractivity contribution in [2.24, 2.45) is 5.92 Å². The zero-order valence-electron chi connectivity index (χ0n) is 11.5. The molecule has 5 nitrogen and oxygen atoms in total. The largest absolute Gasteiger partial charge is 0.476 e. The lowest BCUT2D eigenvalue weighted by molar-refractivity contribution is 0.0481. The van der Waals surface area contributed by atoms with Gasteiger partial charge in [0.15, 0.2) is 0 Å². The Labute approximate surface area is 108 Å². The van der Waals surface area contributed by atoms with E-state index in [4.69, 9.17) is 15.2 Å². The second kappa shape index (κ2) is 5.61. The molecule has 2 rings (SSSR count). The first kappa shape index (κ1) is 13.2. The van der Waals surface area contributed by atoms with Gasteiger partial charge in [-0.3, -0.25) is 0 Å². The molecule has 0 atom stereocenters. The first-order chi connectivity index (χ1) is 8.59. The molecule has 0 spiro atoms. The summed E-state index contributed by atoms with van der Waals surface area (Å²) in [5.41, 5.74) is 7.53. The Morgan fingerprint density at radius 3 is 2.72 bits per heavy atom. The van der Waals surface area contributed by atoms with Crippen LogP contribution in [0.4, 0.5) is 5.69 Å². The number of anilines is 1. The number of ether oxygens (including phenoxy) is 2. The molecule has 1 aromatic heterocycles. The van der Waals surface area contributed by atoms with E-state index < -0.39 is 0 Å². The molecule has 0 unspecified atom stereocenters. The average molecular weight is 253 g/mol. The summed E-state index contributed by atoms with van der Waals surface area (Å²) in [4.78, 5) is 0. The minimum atomic E-state index is 0.255. The van der Waals surface area contributed by atoms with Gasteiger partial charge in [-0.2, -0.15) is 5.10 Å². The monoisotopic (exact) mass is 253 g/mol. The summed E-state index contributed by atoms with van der Waals surface area (Å²) in [6, 6.07) is 0.255. The van der Waals surface area contributed by atoms with E-state index in [9.17, 15) is 0 Å². The highest BCUT2D eigenvalue weighted by molar-refractivity contribution is 5.52. The first-order valence-electron chi connectivity index (χ1n) is 6.64. The molecule has 1 aromatic rings. The molecule has 2 N–H and O–H groups in total. The van der Waals surface area contributed by atoms with Gasteiger partial charge in [0.2, 0.25) is 5.88 Å². The van der Waals surface area contributed by atoms with Gasteiger partial charge in [-0.1, -0.05) is 0 Å². The molecule has 1 saturated heterocycles. The molecule has 1 fully saturated rings. The number of rotatable bonds is 4. The van der Waals surface area contributed by atoms with Crippen LogP contribution in [0.15, 0.2) is 0 Å². The summed E-state index contributed by atoms with van der Waals surface area (Å²) >= 11 is 0. The van der Waals surface area contributed by atoms with E-state index in [0.717, 1.165) is 31.7 Å². The van der Waals surface area contributed by atoms with Crippen LogP contribution >= 0.6 is 0 Å². The summed E-state index contributed by atoms with van der Waals surface area (Å²) in [6.07, 6.45) is 2.13. The maximum Gasteiger partial charge on any atom is 0.236 e. The van der Waals surface area contributed by atoms with Gasteiger partial charge in [0.1, 0.15) is 5.69 Å². The molecule has 5 heteroatoms. The SMILES string of the molecule is Cc1nn(C(C)C)c(OCC2CCOCC2)c1N. The van der Waals surface area contributed by atoms with Crippen LogP contribution < -0.4 is 10.5 Å². The number of aromatic nitrogens is 2. The van der Waals surface area contributed by atoms with Gasteiger partial charge in [-0.25, -0.2) is 4.68 Å². The summed E-state index contributed by atoms with van der Waals surface area (Å²) in [5.74, 6) is 1.28. The number of nitrogens with two attached hydrogens (primary N) is 1. The predicted molar refractivity (Wildman–Crippen MR) is 70.8 cm³/mol. The van der Waals surface area contributed by atoms with Crippen molar-refractivity contribution in [1.29, 1.82) is 0 Å². The highest BCUT2D eigenvalue weighted by Crippen LogP contribution is 2.29. The van der Waals surface area contributed by atoms with Gasteiger partial charge >= 0.3 is 0 Å². The summed E-state index contributed by atoms with van der Waals surface area (Å²) in [5, 5.41) is 4.42. The lowest BCUT2D eigenvalue weighted by Crippen LogP contribution is -2.22. The Kier molecular flexibility index (Phi) is 4.11. The number of nitrogen functional groups attached to an aromatic ring is 1. The maximum atomic E-state index is 6.02. The average Bonchev–Trinajstić information content (AvgIpc) is 2.65. The van der Waals surface area contributed by atoms with E-state index in [1.807, 2.05) is 11.6 Å². The van der Waals surface area contributed by atoms with E-state index in [-0.39, 0.29) is 6.04 Å². The molecule has 0 saturated carbocycles. The fourth-order valence-electron chi connectivity index (χ4n) is 2.14. The number of nitrogens with zero attached hydrogens (tertiary/aromatic N) is 2. The van der Waals surface area contributed by atoms with Crippen LogP contribution in [-0.2, 0) is 4.74 Å². The lowest BCUT2D eigenvalue weighted by Gasteiger charge is -2.22. The van der Waals surface area contributed by atoms with E-state index in [1.54, 1.807) is 0 Å². The minimum Gasteiger partial charge on any atom is -0.476 e. The Morgan fingerprint density at radius 1 is 1.44 bits per heavy atom. The third-order valence-corrected chi connectivity index (χ3v) is 3.37. The fraction of sp³-hybridized carbons (Fsp3) is 0.769. The van der Waals surface area contributed by atoms with Gasteiger partial charge < -0.3 is 15.2 Å². The molecule has 102 valence electrons. The molecular formula is C13H23N3O2. The molecule has 1 aliphatic rings. The summed E-state index contributed by atoms with van der Waals surface area (Å²) in [7, 11) is 0. The van der Waals surface area contributed by atoms with E-state index in [1.165, 1.54) is 0 Å². The van der Waals surface area contributed by atoms with Crippen LogP contribution in [-0.4, -0.2) is 29.6 Å². The zero-order valence-corrected chi connectivity index (χ0v) is 11.5. The van der Waals surface area contributed by atoms with Gasteiger partial charge in [0, 0.05) is 13.2 Å². The van der Waals surface area contributed by atoms with Crippen LogP contribution in [0.5, 0.6) is 5.88 Å². The van der Waals surface area contributed by atoms with Crippen molar-refractivity contribution < 1.29 is 9.47 Å². The topological polar surface area (TPSA) is 62.3 Å². The highest BCUT2D eigenvalue weighted by Gasteiger charge is 2.19. The second-order valence-corrected chi connectivity index (χ2v) is 5.21. The molecule has 18 heavy (non-hydrogen) atoms. The van der Waals surface area contributed by atoms with Crippen molar-refractivity contribution in [1.82, 2.24) is 9.78 Å². The van der Waals surface area contributed by atoms with Crippen molar-refractivity contribution in [3.8, 4) is 5.88 Å². The molecular weight excluding hydrogens is 230 g/mol. The minimum absolute atomic E-state index is 0.255. The van der Waals surface area contributed by atoms with Crippen molar-refractivity contribution >= 4 is 5.69 Å². The van der Waals surface area contributed by atoms with Gasteiger partial charge in [-0.15, -0.1) is 0 Å². The van der Waals surface area contributed by atoms with Crippen molar-refractivity contribution in [3.05, 3.63) is 5.69 Å². The molecule has 0 aliphatic carbocycles. The van der Waals surface area contributed by atoms with Crippen LogP contribution in [0.25, 0.3) is 0 Å². The summed E-state index contributed by atoms with van der Waals surface area (Å²) in [6.45, 7) is 8.44. The van der Waals surface area contributed by atoms with Gasteiger partial charge in [-0.05, 0) is 39.5 Å². The Morgan fingerprint density at radius 2 is 2.11 bits per heavy atom. The normalized spacial score (nSPS) is 17.3. The second-order valence-electron chi connectivity index (χ2n) is 5.21. The zero-order chi connectivity index (χ0) is 13.1. The van der Waals surface area contributed by atoms with Crippen molar-refractivity contribution in [3.63, 3.8) is 0 Å². The predicted octanol–water partition coefficient (Wildman–Crippen LogP) is 2.16. The third kappa shape index (κ3) is 2.77. The number of hydrogen-bond acceptors (Lipinski definition) is 4. The Hall–Kier alpha value is -1.23. The van der Waals surface area contributed by atoms with Crippen LogP contribution in [0.1, 0.15) is 38.4 Å². The number of aryl methyl sites for hydroxylation is 1. The lowest BCUT2D eigenvalue weighted by atomic mass is 10.0. The quantitative estimate of drug-likeness (QED) is 0.893. The van der Waals surface area contributed by atoms with Crippen LogP contribution in [0, 0.1) is 12.8 Å². The van der Waals surface area contributed by atoms with Gasteiger partial charge in [0.25, 0.3) is 0 Å². The molecule has 0 bridgehead atoms. The van der Waals surface area contributed by atoms with Gasteiger partial charge in [0.05, 0.1) is 18.3 Å². The summed E-state index contributed by atoms with van der Waals surface area (Å²) < 4.78 is 13.1. The Bertz CT molecular complexity index is 395. The molecule has 0 aromatic carbocycles. The van der Waals surface area contributed by atoms with E-state index in [2.05, 4.69) is 18.9 Å². The van der Waals surface area contributed by atoms with Crippen LogP contribution in [0.3, 0.4) is 0 Å². The molecule has 0 radical (unpaired) electrons. The fourth-order valence-corrected chi connectivity index (χ4v) is 2.14. The first-order valence-corrected chi connectivity index (χ1v) is 6.64. The van der Waals surface area contributed by atoms with Crippen LogP contribution in [0.2, 0.25) is 0 Å². The number of hydrogen-bond donors (Lipinski definition) is 1.